The molecular formula is C16H16N4O4S4. The lowest BCUT2D eigenvalue weighted by atomic mass is 10.2. The van der Waals surface area contributed by atoms with Crippen molar-refractivity contribution in [2.45, 2.75) is 15.0 Å². The largest absolute Gasteiger partial charge is 0.495 e. The molecule has 0 aliphatic heterocycles. The summed E-state index contributed by atoms with van der Waals surface area (Å²) in [7, 11) is -1.13. The Kier molecular flexibility index (Phi) is 6.67. The molecule has 1 amide bonds. The fraction of sp³-hybridized carbons (Fsp3) is 0.188. The van der Waals surface area contributed by atoms with Crippen molar-refractivity contribution in [3.63, 3.8) is 0 Å². The number of hydrogen-bond donors (Lipinski definition) is 2. The lowest BCUT2D eigenvalue weighted by molar-refractivity contribution is 0.102. The first-order valence-electron chi connectivity index (χ1n) is 7.84. The minimum atomic E-state index is -3.78. The van der Waals surface area contributed by atoms with Crippen molar-refractivity contribution in [3.8, 4) is 5.75 Å². The van der Waals surface area contributed by atoms with E-state index in [1.807, 2.05) is 17.5 Å². The number of carbonyl (C=O) groups excluding carboxylic acids is 1. The number of rotatable bonds is 8. The number of nitrogens with one attached hydrogen (secondary N) is 2. The van der Waals surface area contributed by atoms with E-state index in [9.17, 15) is 13.2 Å². The summed E-state index contributed by atoms with van der Waals surface area (Å²) in [6, 6.07) is 8.21. The fourth-order valence-corrected chi connectivity index (χ4v) is 5.59. The molecular weight excluding hydrogens is 440 g/mol. The molecule has 3 aromatic rings. The third-order valence-corrected chi connectivity index (χ3v) is 8.04. The molecule has 28 heavy (non-hydrogen) atoms. The number of amides is 1. The van der Waals surface area contributed by atoms with Crippen molar-refractivity contribution < 1.29 is 17.9 Å². The molecule has 1 aromatic carbocycles. The number of nitrogens with zero attached hydrogens (tertiary/aromatic N) is 2. The SMILES string of the molecule is CNS(=O)(=O)c1cc(C(=O)Nc2nnc(SCc3cccs3)s2)ccc1OC. The van der Waals surface area contributed by atoms with Gasteiger partial charge in [0, 0.05) is 16.2 Å². The van der Waals surface area contributed by atoms with Crippen molar-refractivity contribution in [3.05, 3.63) is 46.2 Å². The molecule has 148 valence electrons. The quantitative estimate of drug-likeness (QED) is 0.396. The fourth-order valence-electron chi connectivity index (χ4n) is 2.15. The number of benzene rings is 1. The van der Waals surface area contributed by atoms with E-state index in [0.717, 1.165) is 10.1 Å². The van der Waals surface area contributed by atoms with Crippen LogP contribution >= 0.6 is 34.4 Å². The van der Waals surface area contributed by atoms with E-state index in [1.165, 1.54) is 60.3 Å². The zero-order valence-corrected chi connectivity index (χ0v) is 18.1. The second-order valence-electron chi connectivity index (χ2n) is 5.27. The highest BCUT2D eigenvalue weighted by Gasteiger charge is 2.20. The molecule has 2 heterocycles. The summed E-state index contributed by atoms with van der Waals surface area (Å²) >= 11 is 4.46. The summed E-state index contributed by atoms with van der Waals surface area (Å²) in [5, 5.41) is 13.0. The van der Waals surface area contributed by atoms with Gasteiger partial charge in [-0.1, -0.05) is 29.2 Å². The number of methoxy groups -OCH3 is 1. The zero-order chi connectivity index (χ0) is 20.1. The summed E-state index contributed by atoms with van der Waals surface area (Å²) in [6.07, 6.45) is 0. The molecule has 0 aliphatic carbocycles. The van der Waals surface area contributed by atoms with E-state index in [1.54, 1.807) is 11.3 Å². The van der Waals surface area contributed by atoms with Crippen LogP contribution in [0.15, 0.2) is 44.9 Å². The van der Waals surface area contributed by atoms with Crippen LogP contribution in [0.25, 0.3) is 0 Å². The predicted octanol–water partition coefficient (Wildman–Crippen LogP) is 3.06. The average Bonchev–Trinajstić information content (AvgIpc) is 3.37. The Hall–Kier alpha value is -1.99. The molecule has 0 spiro atoms. The standard InChI is InChI=1S/C16H16N4O4S4/c1-17-28(22,23)13-8-10(5-6-12(13)24-2)14(21)18-15-19-20-16(27-15)26-9-11-4-3-7-25-11/h3-8,17H,9H2,1-2H3,(H,18,19,21). The Morgan fingerprint density at radius 3 is 2.79 bits per heavy atom. The van der Waals surface area contributed by atoms with Gasteiger partial charge in [0.15, 0.2) is 4.34 Å². The molecule has 2 N–H and O–H groups in total. The number of anilines is 1. The van der Waals surface area contributed by atoms with Gasteiger partial charge >= 0.3 is 0 Å². The van der Waals surface area contributed by atoms with Gasteiger partial charge in [-0.15, -0.1) is 21.5 Å². The molecule has 3 rings (SSSR count). The van der Waals surface area contributed by atoms with Crippen LogP contribution in [0, 0.1) is 0 Å². The molecule has 0 radical (unpaired) electrons. The Morgan fingerprint density at radius 2 is 2.11 bits per heavy atom. The van der Waals surface area contributed by atoms with Crippen LogP contribution in [0.2, 0.25) is 0 Å². The van der Waals surface area contributed by atoms with E-state index >= 15 is 0 Å². The van der Waals surface area contributed by atoms with Crippen LogP contribution in [0.1, 0.15) is 15.2 Å². The van der Waals surface area contributed by atoms with E-state index in [2.05, 4.69) is 20.2 Å². The maximum atomic E-state index is 12.5. The first kappa shape index (κ1) is 20.7. The normalized spacial score (nSPS) is 11.4. The Morgan fingerprint density at radius 1 is 1.29 bits per heavy atom. The molecule has 0 unspecified atom stereocenters. The number of aromatic nitrogens is 2. The topological polar surface area (TPSA) is 110 Å². The van der Waals surface area contributed by atoms with Crippen molar-refractivity contribution in [1.82, 2.24) is 14.9 Å². The highest BCUT2D eigenvalue weighted by atomic mass is 32.2. The molecule has 0 saturated heterocycles. The highest BCUT2D eigenvalue weighted by Crippen LogP contribution is 2.30. The van der Waals surface area contributed by atoms with Gasteiger partial charge < -0.3 is 4.74 Å². The summed E-state index contributed by atoms with van der Waals surface area (Å²) in [4.78, 5) is 13.6. The number of carbonyl (C=O) groups is 1. The first-order chi connectivity index (χ1) is 13.4. The zero-order valence-electron chi connectivity index (χ0n) is 14.8. The van der Waals surface area contributed by atoms with Gasteiger partial charge in [-0.25, -0.2) is 13.1 Å². The summed E-state index contributed by atoms with van der Waals surface area (Å²) in [5.74, 6) is 0.444. The maximum absolute atomic E-state index is 12.5. The third-order valence-electron chi connectivity index (χ3n) is 3.53. The van der Waals surface area contributed by atoms with Gasteiger partial charge in [0.25, 0.3) is 5.91 Å². The number of thiophene rings is 1. The summed E-state index contributed by atoms with van der Waals surface area (Å²) < 4.78 is 32.3. The number of sulfonamides is 1. The van der Waals surface area contributed by atoms with Gasteiger partial charge in [0.05, 0.1) is 7.11 Å². The molecule has 0 fully saturated rings. The van der Waals surface area contributed by atoms with Crippen LogP contribution in [0.4, 0.5) is 5.13 Å². The van der Waals surface area contributed by atoms with Crippen LogP contribution in [-0.2, 0) is 15.8 Å². The van der Waals surface area contributed by atoms with Crippen LogP contribution in [0.3, 0.4) is 0 Å². The van der Waals surface area contributed by atoms with E-state index in [0.29, 0.717) is 5.13 Å². The molecule has 8 nitrogen and oxygen atoms in total. The molecule has 0 atom stereocenters. The van der Waals surface area contributed by atoms with Crippen molar-refractivity contribution in [2.24, 2.45) is 0 Å². The monoisotopic (exact) mass is 456 g/mol. The second-order valence-corrected chi connectivity index (χ2v) is 10.4. The van der Waals surface area contributed by atoms with Crippen LogP contribution in [-0.4, -0.2) is 38.7 Å². The van der Waals surface area contributed by atoms with Gasteiger partial charge in [0.1, 0.15) is 10.6 Å². The summed E-state index contributed by atoms with van der Waals surface area (Å²) in [6.45, 7) is 0. The minimum absolute atomic E-state index is 0.116. The molecule has 0 saturated carbocycles. The molecule has 2 aromatic heterocycles. The summed E-state index contributed by atoms with van der Waals surface area (Å²) in [5.41, 5.74) is 0.164. The smallest absolute Gasteiger partial charge is 0.257 e. The predicted molar refractivity (Wildman–Crippen MR) is 111 cm³/mol. The van der Waals surface area contributed by atoms with E-state index in [-0.39, 0.29) is 16.2 Å². The van der Waals surface area contributed by atoms with E-state index in [4.69, 9.17) is 4.74 Å². The molecule has 12 heteroatoms. The minimum Gasteiger partial charge on any atom is -0.495 e. The maximum Gasteiger partial charge on any atom is 0.257 e. The first-order valence-corrected chi connectivity index (χ1v) is 12.0. The highest BCUT2D eigenvalue weighted by molar-refractivity contribution is 8.00. The Labute approximate surface area is 174 Å². The van der Waals surface area contributed by atoms with Gasteiger partial charge in [-0.2, -0.15) is 0 Å². The Bertz CT molecular complexity index is 1060. The lowest BCUT2D eigenvalue weighted by Gasteiger charge is -2.10. The van der Waals surface area contributed by atoms with Crippen molar-refractivity contribution >= 4 is 55.5 Å². The van der Waals surface area contributed by atoms with Gasteiger partial charge in [-0.05, 0) is 36.7 Å². The van der Waals surface area contributed by atoms with E-state index < -0.39 is 15.9 Å². The van der Waals surface area contributed by atoms with Gasteiger partial charge in [0.2, 0.25) is 15.2 Å². The average molecular weight is 457 g/mol. The molecule has 0 bridgehead atoms. The number of thioether (sulfide) groups is 1. The van der Waals surface area contributed by atoms with Crippen molar-refractivity contribution in [2.75, 3.05) is 19.5 Å². The molecule has 0 aliphatic rings. The lowest BCUT2D eigenvalue weighted by Crippen LogP contribution is -2.20. The Balaban J connectivity index is 1.72. The number of hydrogen-bond acceptors (Lipinski definition) is 9. The van der Waals surface area contributed by atoms with Crippen molar-refractivity contribution in [1.29, 1.82) is 0 Å². The third kappa shape index (κ3) is 4.89. The van der Waals surface area contributed by atoms with Crippen LogP contribution < -0.4 is 14.8 Å². The number of ether oxygens (including phenoxy) is 1. The second kappa shape index (κ2) is 9.01. The van der Waals surface area contributed by atoms with Crippen LogP contribution in [0.5, 0.6) is 5.75 Å². The van der Waals surface area contributed by atoms with Gasteiger partial charge in [-0.3, -0.25) is 10.1 Å².